The molecule has 1 aromatic carbocycles. The molecule has 0 aliphatic heterocycles. The highest BCUT2D eigenvalue weighted by Crippen LogP contribution is 2.24. The molecular formula is C13H18ClNO. The van der Waals surface area contributed by atoms with Crippen molar-refractivity contribution in [3.8, 4) is 0 Å². The maximum Gasteiger partial charge on any atom is 0.151 e. The SMILES string of the molecule is CC(C)C(C)N(C)c1ccc(C=O)c(Cl)c1. The Balaban J connectivity index is 2.97. The van der Waals surface area contributed by atoms with Crippen molar-refractivity contribution >= 4 is 23.6 Å². The molecular weight excluding hydrogens is 222 g/mol. The first-order valence-corrected chi connectivity index (χ1v) is 5.82. The van der Waals surface area contributed by atoms with Crippen LogP contribution in [0.25, 0.3) is 0 Å². The second-order valence-electron chi connectivity index (χ2n) is 4.42. The predicted molar refractivity (Wildman–Crippen MR) is 69.5 cm³/mol. The van der Waals surface area contributed by atoms with Crippen molar-refractivity contribution < 1.29 is 4.79 Å². The highest BCUT2D eigenvalue weighted by atomic mass is 35.5. The minimum absolute atomic E-state index is 0.429. The van der Waals surface area contributed by atoms with Crippen LogP contribution in [0.2, 0.25) is 5.02 Å². The van der Waals surface area contributed by atoms with E-state index in [9.17, 15) is 4.79 Å². The van der Waals surface area contributed by atoms with Gasteiger partial charge in [-0.25, -0.2) is 0 Å². The number of rotatable bonds is 4. The van der Waals surface area contributed by atoms with Crippen LogP contribution in [0.5, 0.6) is 0 Å². The molecule has 0 fully saturated rings. The number of nitrogens with zero attached hydrogens (tertiary/aromatic N) is 1. The Morgan fingerprint density at radius 1 is 1.31 bits per heavy atom. The van der Waals surface area contributed by atoms with E-state index in [1.54, 1.807) is 6.07 Å². The first kappa shape index (κ1) is 13.0. The van der Waals surface area contributed by atoms with Crippen molar-refractivity contribution in [3.05, 3.63) is 28.8 Å². The minimum Gasteiger partial charge on any atom is -0.372 e. The van der Waals surface area contributed by atoms with Gasteiger partial charge in [-0.1, -0.05) is 25.4 Å². The smallest absolute Gasteiger partial charge is 0.151 e. The Kier molecular flexibility index (Phi) is 4.36. The molecule has 0 saturated carbocycles. The van der Waals surface area contributed by atoms with Gasteiger partial charge in [0.15, 0.2) is 6.29 Å². The number of hydrogen-bond donors (Lipinski definition) is 0. The highest BCUT2D eigenvalue weighted by molar-refractivity contribution is 6.33. The molecule has 0 aromatic heterocycles. The summed E-state index contributed by atoms with van der Waals surface area (Å²) >= 11 is 6.00. The molecule has 2 nitrogen and oxygen atoms in total. The summed E-state index contributed by atoms with van der Waals surface area (Å²) in [5.74, 6) is 0.564. The van der Waals surface area contributed by atoms with Crippen molar-refractivity contribution in [3.63, 3.8) is 0 Å². The van der Waals surface area contributed by atoms with Gasteiger partial charge in [-0.3, -0.25) is 4.79 Å². The van der Waals surface area contributed by atoms with Gasteiger partial charge in [-0.2, -0.15) is 0 Å². The Morgan fingerprint density at radius 3 is 2.38 bits per heavy atom. The molecule has 1 rings (SSSR count). The van der Waals surface area contributed by atoms with Gasteiger partial charge in [0.1, 0.15) is 0 Å². The molecule has 0 bridgehead atoms. The molecule has 0 radical (unpaired) electrons. The largest absolute Gasteiger partial charge is 0.372 e. The number of aldehydes is 1. The normalized spacial score (nSPS) is 12.6. The second-order valence-corrected chi connectivity index (χ2v) is 4.83. The summed E-state index contributed by atoms with van der Waals surface area (Å²) in [6, 6.07) is 5.95. The molecule has 0 spiro atoms. The molecule has 0 amide bonds. The first-order chi connectivity index (χ1) is 7.47. The molecule has 0 aliphatic rings. The zero-order valence-corrected chi connectivity index (χ0v) is 11.0. The lowest BCUT2D eigenvalue weighted by molar-refractivity contribution is 0.112. The molecule has 1 aromatic rings. The maximum atomic E-state index is 10.7. The summed E-state index contributed by atoms with van der Waals surface area (Å²) in [5, 5.41) is 0.510. The third kappa shape index (κ3) is 2.76. The van der Waals surface area contributed by atoms with E-state index in [0.29, 0.717) is 22.5 Å². The van der Waals surface area contributed by atoms with E-state index in [1.165, 1.54) is 0 Å². The number of halogens is 1. The molecule has 1 atom stereocenters. The summed E-state index contributed by atoms with van der Waals surface area (Å²) in [4.78, 5) is 12.8. The number of carbonyl (C=O) groups is 1. The average Bonchev–Trinajstić information content (AvgIpc) is 2.26. The Morgan fingerprint density at radius 2 is 1.94 bits per heavy atom. The van der Waals surface area contributed by atoms with Gasteiger partial charge >= 0.3 is 0 Å². The van der Waals surface area contributed by atoms with Gasteiger partial charge in [0.2, 0.25) is 0 Å². The average molecular weight is 240 g/mol. The van der Waals surface area contributed by atoms with Crippen molar-refractivity contribution in [1.29, 1.82) is 0 Å². The van der Waals surface area contributed by atoms with Crippen LogP contribution in [-0.4, -0.2) is 19.4 Å². The minimum atomic E-state index is 0.429. The number of carbonyl (C=O) groups excluding carboxylic acids is 1. The summed E-state index contributed by atoms with van der Waals surface area (Å²) in [7, 11) is 2.04. The van der Waals surface area contributed by atoms with Crippen molar-refractivity contribution in [1.82, 2.24) is 0 Å². The molecule has 1 unspecified atom stereocenters. The van der Waals surface area contributed by atoms with Gasteiger partial charge in [0.05, 0.1) is 5.02 Å². The van der Waals surface area contributed by atoms with Crippen LogP contribution in [0.15, 0.2) is 18.2 Å². The van der Waals surface area contributed by atoms with Gasteiger partial charge in [0.25, 0.3) is 0 Å². The fraction of sp³-hybridized carbons (Fsp3) is 0.462. The highest BCUT2D eigenvalue weighted by Gasteiger charge is 2.14. The van der Waals surface area contributed by atoms with Crippen LogP contribution in [0, 0.1) is 5.92 Å². The zero-order chi connectivity index (χ0) is 12.3. The Labute approximate surface area is 102 Å². The summed E-state index contributed by atoms with van der Waals surface area (Å²) in [6.45, 7) is 6.54. The van der Waals surface area contributed by atoms with Crippen LogP contribution in [0.3, 0.4) is 0 Å². The van der Waals surface area contributed by atoms with Gasteiger partial charge in [-0.05, 0) is 31.0 Å². The van der Waals surface area contributed by atoms with E-state index >= 15 is 0 Å². The molecule has 0 N–H and O–H groups in total. The standard InChI is InChI=1S/C13H18ClNO/c1-9(2)10(3)15(4)12-6-5-11(8-16)13(14)7-12/h5-10H,1-4H3. The maximum absolute atomic E-state index is 10.7. The van der Waals surface area contributed by atoms with Crippen LogP contribution in [0.4, 0.5) is 5.69 Å². The van der Waals surface area contributed by atoms with Gasteiger partial charge in [0, 0.05) is 24.3 Å². The monoisotopic (exact) mass is 239 g/mol. The molecule has 0 aliphatic carbocycles. The second kappa shape index (κ2) is 5.35. The predicted octanol–water partition coefficient (Wildman–Crippen LogP) is 3.63. The van der Waals surface area contributed by atoms with Crippen molar-refractivity contribution in [2.24, 2.45) is 5.92 Å². The van der Waals surface area contributed by atoms with E-state index in [1.807, 2.05) is 19.2 Å². The lowest BCUT2D eigenvalue weighted by Gasteiger charge is -2.30. The summed E-state index contributed by atoms with van der Waals surface area (Å²) in [6.07, 6.45) is 0.776. The van der Waals surface area contributed by atoms with Gasteiger partial charge in [-0.15, -0.1) is 0 Å². The van der Waals surface area contributed by atoms with E-state index in [4.69, 9.17) is 11.6 Å². The van der Waals surface area contributed by atoms with E-state index in [2.05, 4.69) is 25.7 Å². The third-order valence-corrected chi connectivity index (χ3v) is 3.42. The fourth-order valence-corrected chi connectivity index (χ4v) is 1.73. The first-order valence-electron chi connectivity index (χ1n) is 5.45. The molecule has 0 heterocycles. The molecule has 3 heteroatoms. The number of hydrogen-bond acceptors (Lipinski definition) is 2. The number of benzene rings is 1. The number of anilines is 1. The third-order valence-electron chi connectivity index (χ3n) is 3.09. The van der Waals surface area contributed by atoms with Crippen LogP contribution in [0.1, 0.15) is 31.1 Å². The topological polar surface area (TPSA) is 20.3 Å². The van der Waals surface area contributed by atoms with E-state index in [0.717, 1.165) is 12.0 Å². The quantitative estimate of drug-likeness (QED) is 0.748. The lowest BCUT2D eigenvalue weighted by atomic mass is 10.0. The van der Waals surface area contributed by atoms with Crippen LogP contribution >= 0.6 is 11.6 Å². The summed E-state index contributed by atoms with van der Waals surface area (Å²) < 4.78 is 0. The lowest BCUT2D eigenvalue weighted by Crippen LogP contribution is -2.33. The fourth-order valence-electron chi connectivity index (χ4n) is 1.51. The Hall–Kier alpha value is -1.02. The van der Waals surface area contributed by atoms with Crippen LogP contribution < -0.4 is 4.90 Å². The van der Waals surface area contributed by atoms with Crippen molar-refractivity contribution in [2.45, 2.75) is 26.8 Å². The molecule has 16 heavy (non-hydrogen) atoms. The zero-order valence-electron chi connectivity index (χ0n) is 10.2. The van der Waals surface area contributed by atoms with Gasteiger partial charge < -0.3 is 4.90 Å². The molecule has 0 saturated heterocycles. The van der Waals surface area contributed by atoms with Crippen molar-refractivity contribution in [2.75, 3.05) is 11.9 Å². The van der Waals surface area contributed by atoms with E-state index in [-0.39, 0.29) is 0 Å². The Bertz CT molecular complexity index is 376. The van der Waals surface area contributed by atoms with Crippen LogP contribution in [-0.2, 0) is 0 Å². The molecule has 88 valence electrons. The van der Waals surface area contributed by atoms with E-state index < -0.39 is 0 Å². The summed E-state index contributed by atoms with van der Waals surface area (Å²) in [5.41, 5.74) is 1.58.